The fourth-order valence-corrected chi connectivity index (χ4v) is 8.96. The Balaban J connectivity index is 0.964. The fourth-order valence-electron chi connectivity index (χ4n) is 8.96. The van der Waals surface area contributed by atoms with Crippen molar-refractivity contribution in [2.45, 2.75) is 62.1 Å². The van der Waals surface area contributed by atoms with Gasteiger partial charge in [-0.2, -0.15) is 13.2 Å². The quantitative estimate of drug-likeness (QED) is 0.123. The Morgan fingerprint density at radius 2 is 1.45 bits per heavy atom. The minimum absolute atomic E-state index is 0.0321. The van der Waals surface area contributed by atoms with Crippen LogP contribution in [0.1, 0.15) is 77.9 Å². The van der Waals surface area contributed by atoms with Crippen molar-refractivity contribution in [2.75, 3.05) is 40.8 Å². The zero-order valence-electron chi connectivity index (χ0n) is 34.7. The molecule has 2 saturated heterocycles. The number of methoxy groups -OCH3 is 1. The normalized spacial score (nSPS) is 19.9. The first-order chi connectivity index (χ1) is 29.9. The predicted octanol–water partition coefficient (Wildman–Crippen LogP) is 7.86. The average molecular weight is 847 g/mol. The van der Waals surface area contributed by atoms with Gasteiger partial charge in [0.15, 0.2) is 0 Å². The average Bonchev–Trinajstić information content (AvgIpc) is 4.13. The molecule has 2 fully saturated rings. The van der Waals surface area contributed by atoms with Crippen LogP contribution in [0.3, 0.4) is 0 Å². The zero-order chi connectivity index (χ0) is 43.5. The van der Waals surface area contributed by atoms with Crippen LogP contribution in [0.2, 0.25) is 0 Å². The summed E-state index contributed by atoms with van der Waals surface area (Å²) in [6, 6.07) is 27.2. The highest BCUT2D eigenvalue weighted by Gasteiger charge is 2.41. The zero-order valence-corrected chi connectivity index (χ0v) is 34.7. The molecule has 3 N–H and O–H groups in total. The molecule has 0 spiro atoms. The molecule has 1 aromatic heterocycles. The molecule has 5 atom stereocenters. The summed E-state index contributed by atoms with van der Waals surface area (Å²) in [7, 11) is 4.99. The molecule has 3 aliphatic heterocycles. The second-order valence-corrected chi connectivity index (χ2v) is 16.1. The summed E-state index contributed by atoms with van der Waals surface area (Å²) >= 11 is 0. The van der Waals surface area contributed by atoms with Crippen LogP contribution >= 0.6 is 0 Å². The summed E-state index contributed by atoms with van der Waals surface area (Å²) in [6.45, 7) is 1.30. The Kier molecular flexibility index (Phi) is 12.2. The SMILES string of the molecule is COC(=O)N[C@@H](C(=O)N1CCC[C@H]1c1ncc(-c2ccc(-c3ccc(C4CN=C([C@@H]5CCCN5C(=O)[C@@H](c5ccccc5)N(C)C)N4)cc3C(F)(F)F)cc2)[nH]1)c1ccccc1. The topological polar surface area (TPSA) is 135 Å². The number of aromatic amines is 1. The molecule has 3 amide bonds. The lowest BCUT2D eigenvalue weighted by molar-refractivity contribution is -0.137. The lowest BCUT2D eigenvalue weighted by Crippen LogP contribution is -2.48. The molecule has 15 heteroatoms. The number of amidine groups is 1. The highest BCUT2D eigenvalue weighted by Crippen LogP contribution is 2.40. The molecule has 3 aliphatic rings. The highest BCUT2D eigenvalue weighted by atomic mass is 19.4. The molecule has 8 rings (SSSR count). The van der Waals surface area contributed by atoms with Crippen LogP contribution in [0.15, 0.2) is 114 Å². The van der Waals surface area contributed by atoms with Crippen LogP contribution in [-0.2, 0) is 20.5 Å². The van der Waals surface area contributed by atoms with E-state index in [0.717, 1.165) is 18.4 Å². The highest BCUT2D eigenvalue weighted by molar-refractivity contribution is 5.95. The summed E-state index contributed by atoms with van der Waals surface area (Å²) in [6.07, 6.45) is -0.796. The van der Waals surface area contributed by atoms with E-state index >= 15 is 0 Å². The molecule has 1 unspecified atom stereocenters. The van der Waals surface area contributed by atoms with E-state index in [2.05, 4.69) is 20.6 Å². The van der Waals surface area contributed by atoms with Crippen LogP contribution in [0.25, 0.3) is 22.4 Å². The Morgan fingerprint density at radius 3 is 2.10 bits per heavy atom. The molecule has 12 nitrogen and oxygen atoms in total. The van der Waals surface area contributed by atoms with Crippen molar-refractivity contribution in [2.24, 2.45) is 4.99 Å². The van der Waals surface area contributed by atoms with Crippen LogP contribution in [-0.4, -0.2) is 95.3 Å². The van der Waals surface area contributed by atoms with E-state index in [1.54, 1.807) is 65.7 Å². The van der Waals surface area contributed by atoms with Gasteiger partial charge in [-0.25, -0.2) is 9.78 Å². The lowest BCUT2D eigenvalue weighted by atomic mass is 9.94. The summed E-state index contributed by atoms with van der Waals surface area (Å²) in [5.41, 5.74) is 3.03. The van der Waals surface area contributed by atoms with Crippen LogP contribution in [0, 0.1) is 0 Å². The number of alkyl carbamates (subject to hydrolysis) is 1. The second kappa shape index (κ2) is 17.9. The Hall–Kier alpha value is -6.48. The van der Waals surface area contributed by atoms with Gasteiger partial charge >= 0.3 is 12.3 Å². The minimum atomic E-state index is -4.63. The van der Waals surface area contributed by atoms with Crippen LogP contribution in [0.4, 0.5) is 18.0 Å². The summed E-state index contributed by atoms with van der Waals surface area (Å²) in [5, 5.41) is 6.05. The lowest BCUT2D eigenvalue weighted by Gasteiger charge is -2.32. The van der Waals surface area contributed by atoms with Crippen molar-refractivity contribution in [1.82, 2.24) is 35.3 Å². The molecule has 0 bridgehead atoms. The third kappa shape index (κ3) is 8.67. The number of benzene rings is 4. The van der Waals surface area contributed by atoms with E-state index in [-0.39, 0.29) is 36.0 Å². The number of aromatic nitrogens is 2. The molecule has 0 saturated carbocycles. The van der Waals surface area contributed by atoms with E-state index in [9.17, 15) is 27.6 Å². The summed E-state index contributed by atoms with van der Waals surface area (Å²) in [5.74, 6) is 0.870. The first-order valence-electron chi connectivity index (χ1n) is 20.8. The Labute approximate surface area is 358 Å². The molecule has 4 heterocycles. The number of hydrogen-bond donors (Lipinski definition) is 3. The molecule has 4 aromatic carbocycles. The maximum atomic E-state index is 14.8. The second-order valence-electron chi connectivity index (χ2n) is 16.1. The van der Waals surface area contributed by atoms with Gasteiger partial charge in [0.25, 0.3) is 5.91 Å². The number of alkyl halides is 3. The van der Waals surface area contributed by atoms with E-state index in [1.165, 1.54) is 19.2 Å². The largest absolute Gasteiger partial charge is 0.453 e. The number of nitrogens with one attached hydrogen (secondary N) is 3. The van der Waals surface area contributed by atoms with Crippen molar-refractivity contribution in [3.05, 3.63) is 137 Å². The van der Waals surface area contributed by atoms with Gasteiger partial charge in [0.1, 0.15) is 23.7 Å². The number of imidazole rings is 1. The standard InChI is InChI=1S/C47H49F3N8O4/c1-56(2)41(32-14-8-5-9-15-32)45(60)58-25-11-17-39(58)43-52-28-37(54-43)33-22-23-34(35(26-33)47(48,49)50)29-18-20-30(21-19-29)36-27-51-42(53-36)38-16-10-24-57(38)44(59)40(55-46(61)62-3)31-12-6-4-7-13-31/h4-9,12-15,18-23,26-27,37-41H,10-11,16-17,24-25,28H2,1-3H3,(H,51,53)(H,52,54)(H,55,61)/t37?,38-,39-,40+,41+/m0/s1. The van der Waals surface area contributed by atoms with Gasteiger partial charge in [0.05, 0.1) is 49.2 Å². The third-order valence-electron chi connectivity index (χ3n) is 12.0. The third-order valence-corrected chi connectivity index (χ3v) is 12.0. The van der Waals surface area contributed by atoms with Crippen LogP contribution < -0.4 is 10.6 Å². The molecule has 62 heavy (non-hydrogen) atoms. The van der Waals surface area contributed by atoms with Gasteiger partial charge in [-0.05, 0) is 79.2 Å². The molecule has 0 aliphatic carbocycles. The van der Waals surface area contributed by atoms with Crippen molar-refractivity contribution in [3.63, 3.8) is 0 Å². The predicted molar refractivity (Wildman–Crippen MR) is 229 cm³/mol. The minimum Gasteiger partial charge on any atom is -0.453 e. The van der Waals surface area contributed by atoms with Gasteiger partial charge in [-0.15, -0.1) is 0 Å². The number of carbonyl (C=O) groups is 3. The van der Waals surface area contributed by atoms with E-state index in [4.69, 9.17) is 9.73 Å². The Bertz CT molecular complexity index is 2420. The molecular weight excluding hydrogens is 798 g/mol. The number of ether oxygens (including phenoxy) is 1. The summed E-state index contributed by atoms with van der Waals surface area (Å²) < 4.78 is 49.2. The van der Waals surface area contributed by atoms with Crippen molar-refractivity contribution in [3.8, 4) is 22.4 Å². The van der Waals surface area contributed by atoms with Gasteiger partial charge in [-0.3, -0.25) is 19.5 Å². The fraction of sp³-hybridized carbons (Fsp3) is 0.340. The Morgan fingerprint density at radius 1 is 0.823 bits per heavy atom. The number of likely N-dealkylation sites (N-methyl/N-ethyl adjacent to an activating group) is 1. The summed E-state index contributed by atoms with van der Waals surface area (Å²) in [4.78, 5) is 58.2. The number of carbonyl (C=O) groups excluding carboxylic acids is 3. The number of nitrogens with zero attached hydrogens (tertiary/aromatic N) is 5. The number of halogens is 3. The maximum Gasteiger partial charge on any atom is 0.417 e. The number of aliphatic imine (C=N–C) groups is 1. The van der Waals surface area contributed by atoms with Crippen molar-refractivity contribution in [1.29, 1.82) is 0 Å². The van der Waals surface area contributed by atoms with Gasteiger partial charge in [-0.1, -0.05) is 97.1 Å². The van der Waals surface area contributed by atoms with Crippen molar-refractivity contribution < 1.29 is 32.3 Å². The number of rotatable bonds is 11. The molecular formula is C47H49F3N8O4. The number of hydrogen-bond acceptors (Lipinski definition) is 8. The van der Waals surface area contributed by atoms with Gasteiger partial charge in [0, 0.05) is 13.1 Å². The number of likely N-dealkylation sites (tertiary alicyclic amines) is 2. The van der Waals surface area contributed by atoms with E-state index in [1.807, 2.05) is 60.3 Å². The van der Waals surface area contributed by atoms with E-state index < -0.39 is 36.0 Å². The smallest absolute Gasteiger partial charge is 0.417 e. The number of H-pyrrole nitrogens is 1. The van der Waals surface area contributed by atoms with Crippen molar-refractivity contribution >= 4 is 23.7 Å². The molecule has 5 aromatic rings. The number of amides is 3. The van der Waals surface area contributed by atoms with Gasteiger partial charge < -0.3 is 30.2 Å². The van der Waals surface area contributed by atoms with Crippen LogP contribution in [0.5, 0.6) is 0 Å². The first kappa shape index (κ1) is 42.2. The van der Waals surface area contributed by atoms with E-state index in [0.29, 0.717) is 65.5 Å². The molecule has 0 radical (unpaired) electrons. The monoisotopic (exact) mass is 846 g/mol. The maximum absolute atomic E-state index is 14.8. The first-order valence-corrected chi connectivity index (χ1v) is 20.8. The van der Waals surface area contributed by atoms with Gasteiger partial charge in [0.2, 0.25) is 5.91 Å². The molecule has 322 valence electrons.